The van der Waals surface area contributed by atoms with Crippen molar-refractivity contribution in [3.05, 3.63) is 41.9 Å². The molecule has 0 aliphatic rings. The zero-order valence-electron chi connectivity index (χ0n) is 18.3. The van der Waals surface area contributed by atoms with Gasteiger partial charge in [0.2, 0.25) is 5.91 Å². The molecular weight excluding hydrogens is 378 g/mol. The Kier molecular flexibility index (Phi) is 6.29. The number of nitrogens with zero attached hydrogens (tertiary/aromatic N) is 4. The molecule has 1 amide bonds. The molecule has 0 unspecified atom stereocenters. The summed E-state index contributed by atoms with van der Waals surface area (Å²) < 4.78 is 1.88. The molecule has 1 aromatic carbocycles. The van der Waals surface area contributed by atoms with Crippen molar-refractivity contribution in [1.82, 2.24) is 25.1 Å². The molecule has 3 aromatic rings. The van der Waals surface area contributed by atoms with Gasteiger partial charge in [0.05, 0.1) is 16.6 Å². The fourth-order valence-corrected chi connectivity index (χ4v) is 3.41. The summed E-state index contributed by atoms with van der Waals surface area (Å²) in [6, 6.07) is 8.23. The van der Waals surface area contributed by atoms with Crippen LogP contribution in [-0.2, 0) is 15.1 Å². The normalized spacial score (nSPS) is 11.6. The standard InChI is InChI=1S/C23H29N5O2/c1-15-9-11-18(12-10-15)21-20-17(3)25-14-26-22(20)28(27-21)23(4,5)13-24-19(30)8-6-7-16(2)29/h9-12,14H,6-8,13H2,1-5H3,(H,24,30). The molecule has 0 radical (unpaired) electrons. The molecule has 2 heterocycles. The summed E-state index contributed by atoms with van der Waals surface area (Å²) in [6.07, 6.45) is 2.88. The smallest absolute Gasteiger partial charge is 0.220 e. The van der Waals surface area contributed by atoms with Crippen molar-refractivity contribution >= 4 is 22.7 Å². The minimum absolute atomic E-state index is 0.0645. The molecule has 0 aliphatic carbocycles. The van der Waals surface area contributed by atoms with Gasteiger partial charge in [0.25, 0.3) is 0 Å². The minimum atomic E-state index is -0.502. The number of rotatable bonds is 8. The maximum absolute atomic E-state index is 12.2. The van der Waals surface area contributed by atoms with Crippen LogP contribution in [-0.4, -0.2) is 38.0 Å². The van der Waals surface area contributed by atoms with Gasteiger partial charge in [-0.05, 0) is 41.0 Å². The SMILES string of the molecule is CC(=O)CCCC(=O)NCC(C)(C)n1nc(-c2ccc(C)cc2)c2c(C)ncnc21. The van der Waals surface area contributed by atoms with E-state index < -0.39 is 5.54 Å². The van der Waals surface area contributed by atoms with E-state index in [1.54, 1.807) is 13.3 Å². The van der Waals surface area contributed by atoms with E-state index in [1.165, 1.54) is 5.56 Å². The fraction of sp³-hybridized carbons (Fsp3) is 0.435. The van der Waals surface area contributed by atoms with Crippen LogP contribution in [0.5, 0.6) is 0 Å². The van der Waals surface area contributed by atoms with Gasteiger partial charge in [-0.1, -0.05) is 29.8 Å². The highest BCUT2D eigenvalue weighted by molar-refractivity contribution is 5.93. The summed E-state index contributed by atoms with van der Waals surface area (Å²) in [4.78, 5) is 32.1. The van der Waals surface area contributed by atoms with Crippen LogP contribution >= 0.6 is 0 Å². The average Bonchev–Trinajstić information content (AvgIpc) is 3.09. The van der Waals surface area contributed by atoms with Crippen LogP contribution in [0.1, 0.15) is 51.3 Å². The van der Waals surface area contributed by atoms with Gasteiger partial charge >= 0.3 is 0 Å². The highest BCUT2D eigenvalue weighted by Gasteiger charge is 2.28. The molecule has 158 valence electrons. The summed E-state index contributed by atoms with van der Waals surface area (Å²) in [6.45, 7) is 9.99. The lowest BCUT2D eigenvalue weighted by Gasteiger charge is -2.26. The van der Waals surface area contributed by atoms with Gasteiger partial charge in [0, 0.05) is 24.9 Å². The Hall–Kier alpha value is -3.09. The van der Waals surface area contributed by atoms with Crippen LogP contribution in [0.4, 0.5) is 0 Å². The van der Waals surface area contributed by atoms with Crippen molar-refractivity contribution in [2.24, 2.45) is 0 Å². The summed E-state index contributed by atoms with van der Waals surface area (Å²) in [5, 5.41) is 8.80. The van der Waals surface area contributed by atoms with Gasteiger partial charge in [-0.2, -0.15) is 5.10 Å². The number of hydrogen-bond donors (Lipinski definition) is 1. The van der Waals surface area contributed by atoms with Crippen LogP contribution in [0, 0.1) is 13.8 Å². The summed E-state index contributed by atoms with van der Waals surface area (Å²) >= 11 is 0. The summed E-state index contributed by atoms with van der Waals surface area (Å²) in [7, 11) is 0. The monoisotopic (exact) mass is 407 g/mol. The third kappa shape index (κ3) is 4.72. The van der Waals surface area contributed by atoms with Crippen LogP contribution in [0.15, 0.2) is 30.6 Å². The molecule has 3 rings (SSSR count). The molecule has 0 saturated carbocycles. The molecule has 0 aliphatic heterocycles. The van der Waals surface area contributed by atoms with Crippen LogP contribution in [0.3, 0.4) is 0 Å². The van der Waals surface area contributed by atoms with Crippen LogP contribution in [0.25, 0.3) is 22.3 Å². The van der Waals surface area contributed by atoms with Crippen molar-refractivity contribution in [1.29, 1.82) is 0 Å². The number of aryl methyl sites for hydroxylation is 2. The first-order chi connectivity index (χ1) is 14.2. The Bertz CT molecular complexity index is 1070. The molecule has 30 heavy (non-hydrogen) atoms. The third-order valence-electron chi connectivity index (χ3n) is 5.20. The van der Waals surface area contributed by atoms with Gasteiger partial charge in [-0.3, -0.25) is 4.79 Å². The van der Waals surface area contributed by atoms with E-state index >= 15 is 0 Å². The highest BCUT2D eigenvalue weighted by Crippen LogP contribution is 2.31. The van der Waals surface area contributed by atoms with Gasteiger partial charge < -0.3 is 10.1 Å². The number of ketones is 1. The molecule has 0 bridgehead atoms. The fourth-order valence-electron chi connectivity index (χ4n) is 3.41. The van der Waals surface area contributed by atoms with Gasteiger partial charge in [0.1, 0.15) is 17.8 Å². The second kappa shape index (κ2) is 8.73. The predicted octanol–water partition coefficient (Wildman–Crippen LogP) is 3.72. The third-order valence-corrected chi connectivity index (χ3v) is 5.20. The zero-order chi connectivity index (χ0) is 21.9. The number of amides is 1. The maximum Gasteiger partial charge on any atom is 0.220 e. The van der Waals surface area contributed by atoms with E-state index in [0.29, 0.717) is 25.8 Å². The van der Waals surface area contributed by atoms with E-state index in [-0.39, 0.29) is 11.7 Å². The first-order valence-electron chi connectivity index (χ1n) is 10.2. The topological polar surface area (TPSA) is 89.8 Å². The zero-order valence-corrected chi connectivity index (χ0v) is 18.3. The molecule has 0 atom stereocenters. The van der Waals surface area contributed by atoms with E-state index in [0.717, 1.165) is 28.0 Å². The molecule has 7 nitrogen and oxygen atoms in total. The molecule has 0 saturated heterocycles. The quantitative estimate of drug-likeness (QED) is 0.615. The molecular formula is C23H29N5O2. The van der Waals surface area contributed by atoms with Crippen molar-refractivity contribution in [3.63, 3.8) is 0 Å². The highest BCUT2D eigenvalue weighted by atomic mass is 16.1. The second-order valence-electron chi connectivity index (χ2n) is 8.43. The first kappa shape index (κ1) is 21.6. The largest absolute Gasteiger partial charge is 0.354 e. The van der Waals surface area contributed by atoms with E-state index in [1.807, 2.05) is 25.5 Å². The Morgan fingerprint density at radius 3 is 2.43 bits per heavy atom. The van der Waals surface area contributed by atoms with Crippen molar-refractivity contribution in [2.45, 2.75) is 59.4 Å². The number of Topliss-reactive ketones (excluding diaryl/α,β-unsaturated/α-hetero) is 1. The number of benzene rings is 1. The average molecular weight is 408 g/mol. The number of fused-ring (bicyclic) bond motifs is 1. The van der Waals surface area contributed by atoms with E-state index in [2.05, 4.69) is 46.5 Å². The number of aromatic nitrogens is 4. The molecule has 0 fully saturated rings. The lowest BCUT2D eigenvalue weighted by molar-refractivity contribution is -0.121. The Labute approximate surface area is 176 Å². The molecule has 7 heteroatoms. The van der Waals surface area contributed by atoms with Gasteiger partial charge in [-0.15, -0.1) is 0 Å². The van der Waals surface area contributed by atoms with Crippen LogP contribution in [0.2, 0.25) is 0 Å². The lowest BCUT2D eigenvalue weighted by Crippen LogP contribution is -2.41. The first-order valence-corrected chi connectivity index (χ1v) is 10.2. The Balaban J connectivity index is 1.89. The number of hydrogen-bond acceptors (Lipinski definition) is 5. The maximum atomic E-state index is 12.2. The Morgan fingerprint density at radius 1 is 1.07 bits per heavy atom. The Morgan fingerprint density at radius 2 is 1.77 bits per heavy atom. The molecule has 1 N–H and O–H groups in total. The second-order valence-corrected chi connectivity index (χ2v) is 8.43. The van der Waals surface area contributed by atoms with E-state index in [4.69, 9.17) is 5.10 Å². The number of nitrogens with one attached hydrogen (secondary N) is 1. The van der Waals surface area contributed by atoms with Crippen molar-refractivity contribution in [3.8, 4) is 11.3 Å². The van der Waals surface area contributed by atoms with Crippen molar-refractivity contribution < 1.29 is 9.59 Å². The number of carbonyl (C=O) groups is 2. The van der Waals surface area contributed by atoms with Crippen molar-refractivity contribution in [2.75, 3.05) is 6.54 Å². The molecule has 2 aromatic heterocycles. The molecule has 0 spiro atoms. The summed E-state index contributed by atoms with van der Waals surface area (Å²) in [5.41, 5.74) is 4.14. The predicted molar refractivity (Wildman–Crippen MR) is 117 cm³/mol. The minimum Gasteiger partial charge on any atom is -0.354 e. The lowest BCUT2D eigenvalue weighted by atomic mass is 10.1. The van der Waals surface area contributed by atoms with Gasteiger partial charge in [0.15, 0.2) is 5.65 Å². The van der Waals surface area contributed by atoms with Crippen LogP contribution < -0.4 is 5.32 Å². The van der Waals surface area contributed by atoms with E-state index in [9.17, 15) is 9.59 Å². The van der Waals surface area contributed by atoms with Gasteiger partial charge in [-0.25, -0.2) is 14.6 Å². The summed E-state index contributed by atoms with van der Waals surface area (Å²) in [5.74, 6) is 0.0372. The number of carbonyl (C=O) groups excluding carboxylic acids is 2.